The molecule has 0 saturated carbocycles. The average Bonchev–Trinajstić information content (AvgIpc) is 2.99. The molecule has 3 heterocycles. The van der Waals surface area contributed by atoms with Gasteiger partial charge in [-0.25, -0.2) is 4.42 Å². The van der Waals surface area contributed by atoms with E-state index in [1.165, 1.54) is 6.07 Å². The SMILES string of the molecule is OCC1O[C@@H](Oc2cc3c(O[C@@H]4OC(CO)[C@@H](O)[C@H](O)C4O)cc(O)cc3[o+]c2-c2cc(O)c(O)c(O)c2)C(O)C(O)[C@@H]1O. The molecule has 2 aliphatic heterocycles. The number of aliphatic hydroxyl groups is 8. The summed E-state index contributed by atoms with van der Waals surface area (Å²) in [6.45, 7) is -1.51. The van der Waals surface area contributed by atoms with Crippen LogP contribution < -0.4 is 9.47 Å². The molecule has 0 radical (unpaired) electrons. The zero-order valence-corrected chi connectivity index (χ0v) is 22.5. The van der Waals surface area contributed by atoms with E-state index in [1.807, 2.05) is 0 Å². The molecule has 2 aromatic carbocycles. The highest BCUT2D eigenvalue weighted by atomic mass is 16.7. The molecule has 10 atom stereocenters. The first kappa shape index (κ1) is 31.7. The summed E-state index contributed by atoms with van der Waals surface area (Å²) in [6, 6.07) is 5.35. The maximum atomic E-state index is 10.6. The van der Waals surface area contributed by atoms with E-state index in [-0.39, 0.29) is 33.8 Å². The van der Waals surface area contributed by atoms with Gasteiger partial charge in [0.25, 0.3) is 0 Å². The molecule has 2 saturated heterocycles. The fourth-order valence-corrected chi connectivity index (χ4v) is 4.87. The fraction of sp³-hybridized carbons (Fsp3) is 0.444. The van der Waals surface area contributed by atoms with Gasteiger partial charge in [0.1, 0.15) is 65.7 Å². The Labute approximate surface area is 246 Å². The van der Waals surface area contributed by atoms with Crippen molar-refractivity contribution in [3.8, 4) is 45.8 Å². The van der Waals surface area contributed by atoms with Gasteiger partial charge in [-0.1, -0.05) is 0 Å². The number of benzene rings is 2. The highest BCUT2D eigenvalue weighted by molar-refractivity contribution is 5.89. The lowest BCUT2D eigenvalue weighted by molar-refractivity contribution is -0.277. The van der Waals surface area contributed by atoms with Gasteiger partial charge in [-0.2, -0.15) is 0 Å². The van der Waals surface area contributed by atoms with Gasteiger partial charge in [0, 0.05) is 24.3 Å². The molecular weight excluding hydrogens is 596 g/mol. The van der Waals surface area contributed by atoms with Gasteiger partial charge in [-0.05, 0) is 0 Å². The second kappa shape index (κ2) is 12.3. The van der Waals surface area contributed by atoms with Crippen molar-refractivity contribution in [3.63, 3.8) is 0 Å². The van der Waals surface area contributed by atoms with Crippen molar-refractivity contribution in [1.29, 1.82) is 0 Å². The molecule has 0 bridgehead atoms. The molecule has 12 N–H and O–H groups in total. The third-order valence-corrected chi connectivity index (χ3v) is 7.32. The molecule has 1 aromatic heterocycles. The Morgan fingerprint density at radius 2 is 1.11 bits per heavy atom. The standard InChI is InChI=1S/C27H30O17/c28-6-16-19(34)21(36)23(38)26(43-16)41-14-4-9(30)3-13-10(14)5-15(25(40-13)8-1-11(31)18(33)12(32)2-8)42-27-24(39)22(37)20(35)17(7-29)44-27/h1-5,16-17,19-24,26-29,34-39H,6-7H2,(H3-,30,31,32,33)/p+1/t16?,17?,19-,20-,21+,22?,23?,24?,26-,27-/m1/s1. The number of hydrogen-bond donors (Lipinski definition) is 12. The molecule has 3 aromatic rings. The van der Waals surface area contributed by atoms with Gasteiger partial charge in [0.05, 0.1) is 24.8 Å². The minimum atomic E-state index is -1.87. The van der Waals surface area contributed by atoms with E-state index in [0.717, 1.165) is 24.3 Å². The normalized spacial score (nSPS) is 32.5. The van der Waals surface area contributed by atoms with Crippen molar-refractivity contribution in [1.82, 2.24) is 0 Å². The second-order valence-corrected chi connectivity index (χ2v) is 10.3. The number of phenols is 4. The first-order valence-electron chi connectivity index (χ1n) is 13.2. The van der Waals surface area contributed by atoms with Crippen molar-refractivity contribution in [3.05, 3.63) is 30.3 Å². The van der Waals surface area contributed by atoms with Crippen LogP contribution in [0.2, 0.25) is 0 Å². The average molecular weight is 628 g/mol. The van der Waals surface area contributed by atoms with Crippen molar-refractivity contribution in [2.75, 3.05) is 13.2 Å². The molecule has 2 aliphatic rings. The van der Waals surface area contributed by atoms with Crippen LogP contribution in [0.3, 0.4) is 0 Å². The lowest BCUT2D eigenvalue weighted by Gasteiger charge is -2.39. The highest BCUT2D eigenvalue weighted by Crippen LogP contribution is 2.45. The van der Waals surface area contributed by atoms with Gasteiger partial charge in [-0.3, -0.25) is 0 Å². The summed E-state index contributed by atoms with van der Waals surface area (Å²) in [5, 5.41) is 121. The number of ether oxygens (including phenoxy) is 4. The summed E-state index contributed by atoms with van der Waals surface area (Å²) in [5.74, 6) is -3.72. The lowest BCUT2D eigenvalue weighted by Crippen LogP contribution is -2.60. The summed E-state index contributed by atoms with van der Waals surface area (Å²) in [6.07, 6.45) is -16.8. The minimum absolute atomic E-state index is 0.0182. The Morgan fingerprint density at radius 1 is 0.614 bits per heavy atom. The molecule has 17 heteroatoms. The van der Waals surface area contributed by atoms with Crippen molar-refractivity contribution in [2.24, 2.45) is 0 Å². The third kappa shape index (κ3) is 5.73. The van der Waals surface area contributed by atoms with Gasteiger partial charge in [0.2, 0.25) is 18.3 Å². The van der Waals surface area contributed by atoms with E-state index in [1.54, 1.807) is 0 Å². The summed E-state index contributed by atoms with van der Waals surface area (Å²) in [5.41, 5.74) is -0.258. The van der Waals surface area contributed by atoms with Crippen LogP contribution in [0.4, 0.5) is 0 Å². The number of aromatic hydroxyl groups is 4. The summed E-state index contributed by atoms with van der Waals surface area (Å²) in [4.78, 5) is 0. The van der Waals surface area contributed by atoms with Crippen LogP contribution in [0.25, 0.3) is 22.3 Å². The predicted molar refractivity (Wildman–Crippen MR) is 142 cm³/mol. The Kier molecular flexibility index (Phi) is 8.87. The van der Waals surface area contributed by atoms with E-state index in [2.05, 4.69) is 0 Å². The number of fused-ring (bicyclic) bond motifs is 1. The predicted octanol–water partition coefficient (Wildman–Crippen LogP) is -2.44. The van der Waals surface area contributed by atoms with Crippen LogP contribution in [-0.2, 0) is 9.47 Å². The number of phenolic OH excluding ortho intramolecular Hbond substituents is 4. The van der Waals surface area contributed by atoms with Gasteiger partial charge < -0.3 is 80.2 Å². The first-order chi connectivity index (χ1) is 20.8. The van der Waals surface area contributed by atoms with Crippen LogP contribution >= 0.6 is 0 Å². The summed E-state index contributed by atoms with van der Waals surface area (Å²) in [7, 11) is 0. The Hall–Kier alpha value is -3.75. The highest BCUT2D eigenvalue weighted by Gasteiger charge is 2.47. The molecule has 5 rings (SSSR count). The largest absolute Gasteiger partial charge is 0.507 e. The minimum Gasteiger partial charge on any atom is -0.507 e. The monoisotopic (exact) mass is 627 g/mol. The maximum Gasteiger partial charge on any atom is 0.402 e. The fourth-order valence-electron chi connectivity index (χ4n) is 4.87. The molecule has 0 aliphatic carbocycles. The molecule has 2 fully saturated rings. The quantitative estimate of drug-likeness (QED) is 0.0956. The number of hydrogen-bond acceptors (Lipinski definition) is 16. The first-order valence-corrected chi connectivity index (χ1v) is 13.2. The van der Waals surface area contributed by atoms with Crippen LogP contribution in [0, 0.1) is 0 Å². The Balaban J connectivity index is 1.63. The van der Waals surface area contributed by atoms with Gasteiger partial charge in [0.15, 0.2) is 17.2 Å². The number of rotatable bonds is 7. The van der Waals surface area contributed by atoms with E-state index in [9.17, 15) is 61.3 Å². The second-order valence-electron chi connectivity index (χ2n) is 10.3. The Bertz CT molecular complexity index is 1470. The van der Waals surface area contributed by atoms with Gasteiger partial charge in [-0.15, -0.1) is 0 Å². The molecular formula is C27H31O17+. The Morgan fingerprint density at radius 3 is 1.61 bits per heavy atom. The van der Waals surface area contributed by atoms with Crippen LogP contribution in [0.5, 0.6) is 34.5 Å². The summed E-state index contributed by atoms with van der Waals surface area (Å²) < 4.78 is 28.2. The molecule has 240 valence electrons. The third-order valence-electron chi connectivity index (χ3n) is 7.32. The van der Waals surface area contributed by atoms with Crippen molar-refractivity contribution >= 4 is 11.0 Å². The lowest BCUT2D eigenvalue weighted by atomic mass is 9.99. The van der Waals surface area contributed by atoms with Crippen LogP contribution in [0.1, 0.15) is 0 Å². The van der Waals surface area contributed by atoms with E-state index in [4.69, 9.17) is 23.4 Å². The zero-order valence-electron chi connectivity index (χ0n) is 22.5. The smallest absolute Gasteiger partial charge is 0.402 e. The molecule has 44 heavy (non-hydrogen) atoms. The maximum absolute atomic E-state index is 10.6. The van der Waals surface area contributed by atoms with Crippen LogP contribution in [0.15, 0.2) is 34.7 Å². The molecule has 0 spiro atoms. The molecule has 17 nitrogen and oxygen atoms in total. The van der Waals surface area contributed by atoms with Crippen LogP contribution in [-0.4, -0.2) is 136 Å². The number of aliphatic hydroxyl groups excluding tert-OH is 8. The zero-order chi connectivity index (χ0) is 32.0. The molecule has 0 amide bonds. The van der Waals surface area contributed by atoms with E-state index < -0.39 is 97.6 Å². The molecule has 5 unspecified atom stereocenters. The van der Waals surface area contributed by atoms with Gasteiger partial charge >= 0.3 is 11.3 Å². The van der Waals surface area contributed by atoms with Crippen molar-refractivity contribution in [2.45, 2.75) is 61.4 Å². The topological polar surface area (TPSA) is 291 Å². The summed E-state index contributed by atoms with van der Waals surface area (Å²) >= 11 is 0. The van der Waals surface area contributed by atoms with E-state index in [0.29, 0.717) is 0 Å². The van der Waals surface area contributed by atoms with Crippen molar-refractivity contribution < 1.29 is 84.6 Å². The van der Waals surface area contributed by atoms with E-state index >= 15 is 0 Å².